The molecular formula is C13H17Cl2NO3. The van der Waals surface area contributed by atoms with E-state index in [1.54, 1.807) is 19.1 Å². The van der Waals surface area contributed by atoms with E-state index in [0.29, 0.717) is 22.2 Å². The summed E-state index contributed by atoms with van der Waals surface area (Å²) in [6.07, 6.45) is -0.209. The van der Waals surface area contributed by atoms with E-state index in [9.17, 15) is 4.79 Å². The number of rotatable bonds is 5. The van der Waals surface area contributed by atoms with Gasteiger partial charge in [-0.2, -0.15) is 0 Å². The van der Waals surface area contributed by atoms with Gasteiger partial charge in [-0.1, -0.05) is 23.2 Å². The van der Waals surface area contributed by atoms with Crippen LogP contribution < -0.4 is 10.5 Å². The summed E-state index contributed by atoms with van der Waals surface area (Å²) < 4.78 is 10.2. The molecule has 1 aromatic carbocycles. The molecule has 0 fully saturated rings. The van der Waals surface area contributed by atoms with Crippen molar-refractivity contribution in [2.24, 2.45) is 5.73 Å². The molecule has 19 heavy (non-hydrogen) atoms. The van der Waals surface area contributed by atoms with Gasteiger partial charge < -0.3 is 15.2 Å². The Morgan fingerprint density at radius 1 is 1.37 bits per heavy atom. The number of hydrogen-bond donors (Lipinski definition) is 1. The molecule has 0 aliphatic heterocycles. The summed E-state index contributed by atoms with van der Waals surface area (Å²) in [5.41, 5.74) is 6.54. The maximum atomic E-state index is 11.4. The Hall–Kier alpha value is -0.970. The normalized spacial score (nSPS) is 13.8. The number of methoxy groups -OCH3 is 1. The quantitative estimate of drug-likeness (QED) is 0.850. The van der Waals surface area contributed by atoms with Gasteiger partial charge in [0, 0.05) is 11.1 Å². The Morgan fingerprint density at radius 2 is 2.00 bits per heavy atom. The van der Waals surface area contributed by atoms with Crippen molar-refractivity contribution in [2.45, 2.75) is 32.4 Å². The molecule has 106 valence electrons. The lowest BCUT2D eigenvalue weighted by Gasteiger charge is -2.18. The van der Waals surface area contributed by atoms with Gasteiger partial charge in [0.1, 0.15) is 5.75 Å². The molecule has 6 heteroatoms. The molecule has 0 amide bonds. The molecule has 2 N–H and O–H groups in total. The van der Waals surface area contributed by atoms with E-state index in [1.165, 1.54) is 7.11 Å². The molecule has 0 radical (unpaired) electrons. The fourth-order valence-electron chi connectivity index (χ4n) is 1.63. The SMILES string of the molecule is COC(=O)C(C)Oc1c(Cl)cc(Cl)cc1CC(C)N. The molecule has 1 rings (SSSR count). The van der Waals surface area contributed by atoms with Crippen LogP contribution in [0.15, 0.2) is 12.1 Å². The van der Waals surface area contributed by atoms with E-state index in [4.69, 9.17) is 33.7 Å². The summed E-state index contributed by atoms with van der Waals surface area (Å²) in [6.45, 7) is 3.45. The Kier molecular flexibility index (Phi) is 5.91. The van der Waals surface area contributed by atoms with Gasteiger partial charge in [0.25, 0.3) is 0 Å². The third-order valence-corrected chi connectivity index (χ3v) is 2.95. The van der Waals surface area contributed by atoms with Crippen molar-refractivity contribution in [3.05, 3.63) is 27.7 Å². The van der Waals surface area contributed by atoms with Crippen molar-refractivity contribution >= 4 is 29.2 Å². The second-order valence-corrected chi connectivity index (χ2v) is 5.18. The molecule has 0 aromatic heterocycles. The number of esters is 1. The van der Waals surface area contributed by atoms with Gasteiger partial charge in [-0.05, 0) is 38.0 Å². The minimum atomic E-state index is -0.754. The summed E-state index contributed by atoms with van der Waals surface area (Å²) in [4.78, 5) is 11.4. The molecule has 0 spiro atoms. The van der Waals surface area contributed by atoms with Crippen LogP contribution in [0, 0.1) is 0 Å². The zero-order valence-corrected chi connectivity index (χ0v) is 12.6. The average Bonchev–Trinajstić information content (AvgIpc) is 2.31. The number of benzene rings is 1. The Morgan fingerprint density at radius 3 is 2.53 bits per heavy atom. The standard InChI is InChI=1S/C13H17Cl2NO3/c1-7(16)4-9-5-10(14)6-11(15)12(9)19-8(2)13(17)18-3/h5-8H,4,16H2,1-3H3. The van der Waals surface area contributed by atoms with Gasteiger partial charge in [-0.25, -0.2) is 4.79 Å². The summed E-state index contributed by atoms with van der Waals surface area (Å²) in [7, 11) is 1.30. The van der Waals surface area contributed by atoms with Crippen LogP contribution in [0.4, 0.5) is 0 Å². The van der Waals surface area contributed by atoms with Crippen molar-refractivity contribution in [3.8, 4) is 5.75 Å². The zero-order chi connectivity index (χ0) is 14.6. The number of carbonyl (C=O) groups is 1. The summed E-state index contributed by atoms with van der Waals surface area (Å²) in [5, 5.41) is 0.845. The molecule has 0 bridgehead atoms. The monoisotopic (exact) mass is 305 g/mol. The first-order chi connectivity index (χ1) is 8.85. The maximum Gasteiger partial charge on any atom is 0.346 e. The van der Waals surface area contributed by atoms with E-state index < -0.39 is 12.1 Å². The van der Waals surface area contributed by atoms with E-state index in [2.05, 4.69) is 4.74 Å². The highest BCUT2D eigenvalue weighted by molar-refractivity contribution is 6.35. The van der Waals surface area contributed by atoms with Gasteiger partial charge in [0.05, 0.1) is 12.1 Å². The minimum absolute atomic E-state index is 0.0784. The molecule has 1 aromatic rings. The highest BCUT2D eigenvalue weighted by atomic mass is 35.5. The number of hydrogen-bond acceptors (Lipinski definition) is 4. The predicted octanol–water partition coefficient (Wildman–Crippen LogP) is 2.82. The smallest absolute Gasteiger partial charge is 0.346 e. The van der Waals surface area contributed by atoms with Crippen molar-refractivity contribution in [2.75, 3.05) is 7.11 Å². The first-order valence-corrected chi connectivity index (χ1v) is 6.58. The minimum Gasteiger partial charge on any atom is -0.477 e. The van der Waals surface area contributed by atoms with Crippen LogP contribution >= 0.6 is 23.2 Å². The van der Waals surface area contributed by atoms with Crippen LogP contribution in [-0.4, -0.2) is 25.2 Å². The second kappa shape index (κ2) is 6.98. The third-order valence-electron chi connectivity index (χ3n) is 2.45. The van der Waals surface area contributed by atoms with Gasteiger partial charge in [-0.15, -0.1) is 0 Å². The van der Waals surface area contributed by atoms with Crippen molar-refractivity contribution in [3.63, 3.8) is 0 Å². The van der Waals surface area contributed by atoms with E-state index in [1.807, 2.05) is 6.92 Å². The summed E-state index contributed by atoms with van der Waals surface area (Å²) >= 11 is 12.1. The van der Waals surface area contributed by atoms with E-state index in [-0.39, 0.29) is 6.04 Å². The Labute approximate surface area is 122 Å². The number of carbonyl (C=O) groups excluding carboxylic acids is 1. The lowest BCUT2D eigenvalue weighted by atomic mass is 10.1. The van der Waals surface area contributed by atoms with E-state index in [0.717, 1.165) is 5.56 Å². The highest BCUT2D eigenvalue weighted by Crippen LogP contribution is 2.34. The van der Waals surface area contributed by atoms with Gasteiger partial charge in [0.2, 0.25) is 0 Å². The molecule has 2 atom stereocenters. The molecule has 0 aliphatic rings. The molecule has 0 saturated heterocycles. The number of nitrogens with two attached hydrogens (primary N) is 1. The van der Waals surface area contributed by atoms with Crippen molar-refractivity contribution < 1.29 is 14.3 Å². The van der Waals surface area contributed by atoms with Crippen LogP contribution in [0.2, 0.25) is 10.0 Å². The van der Waals surface area contributed by atoms with Gasteiger partial charge >= 0.3 is 5.97 Å². The van der Waals surface area contributed by atoms with Crippen molar-refractivity contribution in [1.29, 1.82) is 0 Å². The largest absolute Gasteiger partial charge is 0.477 e. The maximum absolute atomic E-state index is 11.4. The lowest BCUT2D eigenvalue weighted by Crippen LogP contribution is -2.26. The lowest BCUT2D eigenvalue weighted by molar-refractivity contribution is -0.147. The third kappa shape index (κ3) is 4.56. The predicted molar refractivity (Wildman–Crippen MR) is 75.9 cm³/mol. The molecule has 0 heterocycles. The van der Waals surface area contributed by atoms with Crippen LogP contribution in [0.25, 0.3) is 0 Å². The topological polar surface area (TPSA) is 61.5 Å². The van der Waals surface area contributed by atoms with Gasteiger partial charge in [-0.3, -0.25) is 0 Å². The Bertz CT molecular complexity index is 463. The molecule has 2 unspecified atom stereocenters. The first kappa shape index (κ1) is 16.1. The molecule has 0 aliphatic carbocycles. The average molecular weight is 306 g/mol. The van der Waals surface area contributed by atoms with E-state index >= 15 is 0 Å². The highest BCUT2D eigenvalue weighted by Gasteiger charge is 2.20. The zero-order valence-electron chi connectivity index (χ0n) is 11.1. The first-order valence-electron chi connectivity index (χ1n) is 5.83. The summed E-state index contributed by atoms with van der Waals surface area (Å²) in [6, 6.07) is 3.22. The summed E-state index contributed by atoms with van der Waals surface area (Å²) in [5.74, 6) is -0.0565. The van der Waals surface area contributed by atoms with Crippen LogP contribution in [0.3, 0.4) is 0 Å². The second-order valence-electron chi connectivity index (χ2n) is 4.34. The van der Waals surface area contributed by atoms with Crippen LogP contribution in [0.5, 0.6) is 5.75 Å². The molecule has 0 saturated carbocycles. The van der Waals surface area contributed by atoms with Gasteiger partial charge in [0.15, 0.2) is 6.10 Å². The fourth-order valence-corrected chi connectivity index (χ4v) is 2.22. The number of ether oxygens (including phenoxy) is 2. The number of halogens is 2. The molecule has 4 nitrogen and oxygen atoms in total. The Balaban J connectivity index is 3.07. The fraction of sp³-hybridized carbons (Fsp3) is 0.462. The van der Waals surface area contributed by atoms with Crippen LogP contribution in [0.1, 0.15) is 19.4 Å². The molecular weight excluding hydrogens is 289 g/mol. The van der Waals surface area contributed by atoms with Crippen LogP contribution in [-0.2, 0) is 16.0 Å². The van der Waals surface area contributed by atoms with Crippen molar-refractivity contribution in [1.82, 2.24) is 0 Å².